The highest BCUT2D eigenvalue weighted by Gasteiger charge is 2.27. The van der Waals surface area contributed by atoms with Crippen molar-refractivity contribution in [3.05, 3.63) is 63.5 Å². The summed E-state index contributed by atoms with van der Waals surface area (Å²) in [6.07, 6.45) is 0.713. The molecule has 1 amide bonds. The molecule has 2 aromatic carbocycles. The summed E-state index contributed by atoms with van der Waals surface area (Å²) in [7, 11) is 0. The molecule has 6 nitrogen and oxygen atoms in total. The average Bonchev–Trinajstić information content (AvgIpc) is 3.50. The smallest absolute Gasteiger partial charge is 0.231 e. The van der Waals surface area contributed by atoms with Crippen molar-refractivity contribution in [2.75, 3.05) is 13.3 Å². The highest BCUT2D eigenvalue weighted by Crippen LogP contribution is 2.41. The Hall–Kier alpha value is -3.03. The van der Waals surface area contributed by atoms with Crippen molar-refractivity contribution < 1.29 is 23.8 Å². The lowest BCUT2D eigenvalue weighted by Gasteiger charge is -2.12. The first-order chi connectivity index (χ1) is 15.5. The summed E-state index contributed by atoms with van der Waals surface area (Å²) >= 11 is 7.93. The minimum Gasteiger partial charge on any atom is -0.486 e. The molecule has 2 aliphatic heterocycles. The van der Waals surface area contributed by atoms with Crippen LogP contribution in [0.15, 0.2) is 42.5 Å². The van der Waals surface area contributed by atoms with Gasteiger partial charge in [0.15, 0.2) is 17.3 Å². The zero-order valence-electron chi connectivity index (χ0n) is 17.3. The molecule has 2 aliphatic rings. The molecule has 1 atom stereocenters. The van der Waals surface area contributed by atoms with Gasteiger partial charge in [0.2, 0.25) is 12.7 Å². The van der Waals surface area contributed by atoms with Gasteiger partial charge >= 0.3 is 0 Å². The molecule has 5 rings (SSSR count). The van der Waals surface area contributed by atoms with E-state index in [4.69, 9.17) is 25.8 Å². The summed E-state index contributed by atoms with van der Waals surface area (Å²) in [4.78, 5) is 25.7. The third-order valence-electron chi connectivity index (χ3n) is 5.42. The minimum atomic E-state index is -0.186. The molecule has 0 saturated heterocycles. The Balaban J connectivity index is 1.21. The molecule has 1 N–H and O–H groups in total. The lowest BCUT2D eigenvalue weighted by Crippen LogP contribution is -2.35. The first-order valence-corrected chi connectivity index (χ1v) is 11.4. The molecule has 0 saturated carbocycles. The molecule has 0 unspecified atom stereocenters. The molecule has 3 aromatic rings. The lowest BCUT2D eigenvalue weighted by atomic mass is 10.1. The Labute approximate surface area is 194 Å². The Kier molecular flexibility index (Phi) is 5.53. The number of Topliss-reactive ketones (excluding diaryl/α,β-unsaturated/α-hetero) is 1. The number of hydrogen-bond donors (Lipinski definition) is 1. The van der Waals surface area contributed by atoms with Crippen molar-refractivity contribution in [3.63, 3.8) is 0 Å². The van der Waals surface area contributed by atoms with Gasteiger partial charge in [-0.1, -0.05) is 17.7 Å². The van der Waals surface area contributed by atoms with Gasteiger partial charge in [-0.05, 0) is 54.4 Å². The topological polar surface area (TPSA) is 73.9 Å². The Bertz CT molecular complexity index is 1220. The highest BCUT2D eigenvalue weighted by atomic mass is 35.5. The number of ether oxygens (including phenoxy) is 3. The first kappa shape index (κ1) is 20.8. The van der Waals surface area contributed by atoms with Crippen molar-refractivity contribution >= 4 is 34.6 Å². The maximum Gasteiger partial charge on any atom is 0.231 e. The number of nitrogens with one attached hydrogen (secondary N) is 1. The van der Waals surface area contributed by atoms with Gasteiger partial charge in [0.25, 0.3) is 0 Å². The maximum atomic E-state index is 12.4. The second kappa shape index (κ2) is 8.48. The van der Waals surface area contributed by atoms with E-state index in [1.165, 1.54) is 11.3 Å². The van der Waals surface area contributed by atoms with Crippen LogP contribution in [0, 0.1) is 0 Å². The van der Waals surface area contributed by atoms with Gasteiger partial charge < -0.3 is 19.5 Å². The zero-order valence-corrected chi connectivity index (χ0v) is 18.8. The summed E-state index contributed by atoms with van der Waals surface area (Å²) in [5, 5.41) is 3.47. The van der Waals surface area contributed by atoms with E-state index in [9.17, 15) is 9.59 Å². The molecule has 0 radical (unpaired) electrons. The average molecular weight is 470 g/mol. The quantitative estimate of drug-likeness (QED) is 0.531. The predicted octanol–water partition coefficient (Wildman–Crippen LogP) is 4.66. The van der Waals surface area contributed by atoms with Crippen molar-refractivity contribution in [1.29, 1.82) is 0 Å². The van der Waals surface area contributed by atoms with Crippen LogP contribution in [0.1, 0.15) is 27.7 Å². The summed E-state index contributed by atoms with van der Waals surface area (Å²) < 4.78 is 16.7. The van der Waals surface area contributed by atoms with Crippen LogP contribution in [0.25, 0.3) is 10.4 Å². The standard InChI is InChI=1S/C24H20ClNO5S/c1-13(27)21-4-5-22(32-21)15-8-16-9-17(31-24(16)18(25)10-15)11-26-23(28)7-14-2-3-19-20(6-14)30-12-29-19/h2-6,8,10,17H,7,9,11-12H2,1H3,(H,26,28)/t17-/m0/s1. The molecule has 0 spiro atoms. The van der Waals surface area contributed by atoms with E-state index >= 15 is 0 Å². The summed E-state index contributed by atoms with van der Waals surface area (Å²) in [6.45, 7) is 2.15. The normalized spacial score (nSPS) is 15.9. The molecule has 32 heavy (non-hydrogen) atoms. The van der Waals surface area contributed by atoms with Crippen LogP contribution in [-0.2, 0) is 17.6 Å². The molecule has 0 bridgehead atoms. The molecule has 3 heterocycles. The Morgan fingerprint density at radius 3 is 2.78 bits per heavy atom. The van der Waals surface area contributed by atoms with Crippen molar-refractivity contribution in [3.8, 4) is 27.7 Å². The second-order valence-corrected chi connectivity index (χ2v) is 9.27. The first-order valence-electron chi connectivity index (χ1n) is 10.2. The lowest BCUT2D eigenvalue weighted by molar-refractivity contribution is -0.120. The van der Waals surface area contributed by atoms with Crippen LogP contribution in [-0.4, -0.2) is 31.1 Å². The number of carbonyl (C=O) groups excluding carboxylic acids is 2. The highest BCUT2D eigenvalue weighted by molar-refractivity contribution is 7.17. The van der Waals surface area contributed by atoms with Gasteiger partial charge in [0.1, 0.15) is 11.9 Å². The fraction of sp³-hybridized carbons (Fsp3) is 0.250. The SMILES string of the molecule is CC(=O)c1ccc(-c2cc(Cl)c3c(c2)C[C@@H](CNC(=O)Cc2ccc4c(c2)OCO4)O3)s1. The van der Waals surface area contributed by atoms with Crippen LogP contribution in [0.4, 0.5) is 0 Å². The van der Waals surface area contributed by atoms with E-state index in [1.807, 2.05) is 42.5 Å². The number of carbonyl (C=O) groups is 2. The van der Waals surface area contributed by atoms with E-state index in [-0.39, 0.29) is 31.0 Å². The summed E-state index contributed by atoms with van der Waals surface area (Å²) in [6, 6.07) is 13.2. The van der Waals surface area contributed by atoms with Gasteiger partial charge in [0.05, 0.1) is 22.9 Å². The minimum absolute atomic E-state index is 0.0494. The molecule has 8 heteroatoms. The monoisotopic (exact) mass is 469 g/mol. The fourth-order valence-corrected chi connectivity index (χ4v) is 5.02. The molecular weight excluding hydrogens is 450 g/mol. The van der Waals surface area contributed by atoms with Crippen LogP contribution in [0.3, 0.4) is 0 Å². The molecular formula is C24H20ClNO5S. The van der Waals surface area contributed by atoms with E-state index in [2.05, 4.69) is 5.32 Å². The third-order valence-corrected chi connectivity index (χ3v) is 6.93. The van der Waals surface area contributed by atoms with Gasteiger partial charge in [-0.2, -0.15) is 0 Å². The number of thiophene rings is 1. The number of rotatable bonds is 6. The van der Waals surface area contributed by atoms with Crippen LogP contribution in [0.5, 0.6) is 17.2 Å². The van der Waals surface area contributed by atoms with Crippen LogP contribution in [0.2, 0.25) is 5.02 Å². The number of fused-ring (bicyclic) bond motifs is 2. The fourth-order valence-electron chi connectivity index (χ4n) is 3.85. The number of hydrogen-bond acceptors (Lipinski definition) is 6. The van der Waals surface area contributed by atoms with Crippen LogP contribution < -0.4 is 19.5 Å². The van der Waals surface area contributed by atoms with E-state index in [1.54, 1.807) is 6.92 Å². The third kappa shape index (κ3) is 4.18. The molecule has 0 fully saturated rings. The van der Waals surface area contributed by atoms with E-state index in [0.717, 1.165) is 26.4 Å². The molecule has 164 valence electrons. The van der Waals surface area contributed by atoms with Crippen molar-refractivity contribution in [1.82, 2.24) is 5.32 Å². The summed E-state index contributed by atoms with van der Waals surface area (Å²) in [5.41, 5.74) is 2.82. The number of benzene rings is 2. The van der Waals surface area contributed by atoms with Crippen molar-refractivity contribution in [2.45, 2.75) is 25.9 Å². The number of ketones is 1. The number of halogens is 1. The molecule has 0 aliphatic carbocycles. The largest absolute Gasteiger partial charge is 0.486 e. The number of amides is 1. The van der Waals surface area contributed by atoms with Crippen LogP contribution >= 0.6 is 22.9 Å². The van der Waals surface area contributed by atoms with Gasteiger partial charge in [-0.15, -0.1) is 11.3 Å². The summed E-state index contributed by atoms with van der Waals surface area (Å²) in [5.74, 6) is 1.98. The Morgan fingerprint density at radius 2 is 1.97 bits per heavy atom. The Morgan fingerprint density at radius 1 is 1.12 bits per heavy atom. The van der Waals surface area contributed by atoms with Gasteiger partial charge in [-0.25, -0.2) is 0 Å². The predicted molar refractivity (Wildman–Crippen MR) is 122 cm³/mol. The van der Waals surface area contributed by atoms with Crippen molar-refractivity contribution in [2.24, 2.45) is 0 Å². The van der Waals surface area contributed by atoms with Gasteiger partial charge in [-0.3, -0.25) is 9.59 Å². The maximum absolute atomic E-state index is 12.4. The van der Waals surface area contributed by atoms with E-state index in [0.29, 0.717) is 35.2 Å². The van der Waals surface area contributed by atoms with Gasteiger partial charge in [0, 0.05) is 16.9 Å². The zero-order chi connectivity index (χ0) is 22.2. The second-order valence-electron chi connectivity index (χ2n) is 7.78. The van der Waals surface area contributed by atoms with E-state index < -0.39 is 0 Å². The molecule has 1 aromatic heterocycles.